The zero-order chi connectivity index (χ0) is 42.9. The molecule has 3 atom stereocenters. The first kappa shape index (κ1) is 54.6. The average molecular weight is 887 g/mol. The number of ketones is 1. The molecule has 0 radical (unpaired) electrons. The summed E-state index contributed by atoms with van der Waals surface area (Å²) in [6.07, 6.45) is -1.68. The van der Waals surface area contributed by atoms with E-state index in [1.54, 1.807) is 0 Å². The zero-order valence-corrected chi connectivity index (χ0v) is 31.7. The molecule has 5 N–H and O–H groups in total. The summed E-state index contributed by atoms with van der Waals surface area (Å²) in [6, 6.07) is 0.955. The highest BCUT2D eigenvalue weighted by atomic mass is 35.5. The molecule has 3 aromatic carbocycles. The van der Waals surface area contributed by atoms with Crippen molar-refractivity contribution in [3.63, 3.8) is 0 Å². The fourth-order valence-electron chi connectivity index (χ4n) is 3.89. The van der Waals surface area contributed by atoms with E-state index >= 15 is 0 Å². The molecule has 1 aliphatic rings. The van der Waals surface area contributed by atoms with E-state index in [1.807, 2.05) is 0 Å². The Morgan fingerprint density at radius 1 is 0.655 bits per heavy atom. The van der Waals surface area contributed by atoms with Crippen molar-refractivity contribution in [3.05, 3.63) is 106 Å². The van der Waals surface area contributed by atoms with Crippen LogP contribution in [0.2, 0.25) is 0 Å². The van der Waals surface area contributed by atoms with Gasteiger partial charge in [-0.25, -0.2) is 49.1 Å². The molecule has 1 aliphatic heterocycles. The number of carbonyl (C=O) groups excluding carboxylic acids is 6. The number of carbonyl (C=O) groups is 6. The van der Waals surface area contributed by atoms with Gasteiger partial charge in [0.2, 0.25) is 0 Å². The normalized spacial score (nSPS) is 13.3. The van der Waals surface area contributed by atoms with E-state index in [0.29, 0.717) is 18.2 Å². The third-order valence-corrected chi connectivity index (χ3v) is 6.70. The summed E-state index contributed by atoms with van der Waals surface area (Å²) in [5.41, 5.74) is 10.1. The number of methoxy groups -OCH3 is 3. The van der Waals surface area contributed by atoms with Crippen LogP contribution in [-0.2, 0) is 44.5 Å². The first-order valence-corrected chi connectivity index (χ1v) is 15.3. The molecule has 0 unspecified atom stereocenters. The predicted octanol–water partition coefficient (Wildman–Crippen LogP) is 4.85. The Hall–Kier alpha value is -5.45. The molecule has 24 heteroatoms. The van der Waals surface area contributed by atoms with Gasteiger partial charge >= 0.3 is 30.0 Å². The standard InChI is InChI=1S/C11H10F3NO3.C11H12F3NO2.C6H3F3.C6H7NO5.2ClH/c1-18-10(16)4-9(15)11(17)5-2-7(13)8(14)3-6(5)12;1-17-11(16)4-7(15)2-6-3-9(13)10(14)5-8(6)12;7-4-1-2-5(8)6(9)3-4;1-11-4(8)2-3-5(9)12-6(10)7-3;;/h2-3,9H,4,15H2,1H3;3,5,7H,2,4,15H2,1H3;1-3H;3H,2H2,1H3,(H,7,10);2*1H/t9-;7-;;3-;;/m01.0../s1. The van der Waals surface area contributed by atoms with Gasteiger partial charge in [-0.15, -0.1) is 24.8 Å². The molecule has 0 aromatic heterocycles. The van der Waals surface area contributed by atoms with Crippen molar-refractivity contribution in [1.29, 1.82) is 0 Å². The highest BCUT2D eigenvalue weighted by Crippen LogP contribution is 2.17. The monoisotopic (exact) mass is 885 g/mol. The number of Topliss-reactive ketones (excluding diaryl/α,β-unsaturated/α-hetero) is 1. The number of hydrogen-bond acceptors (Lipinski definition) is 12. The Balaban J connectivity index is 0. The molecule has 1 fully saturated rings. The summed E-state index contributed by atoms with van der Waals surface area (Å²) >= 11 is 0. The van der Waals surface area contributed by atoms with Crippen molar-refractivity contribution in [2.24, 2.45) is 11.5 Å². The van der Waals surface area contributed by atoms with E-state index in [2.05, 4.69) is 24.3 Å². The maximum Gasteiger partial charge on any atom is 0.415 e. The summed E-state index contributed by atoms with van der Waals surface area (Å²) in [5, 5.41) is 2.16. The Morgan fingerprint density at radius 3 is 1.62 bits per heavy atom. The summed E-state index contributed by atoms with van der Waals surface area (Å²) in [4.78, 5) is 65.2. The smallest absolute Gasteiger partial charge is 0.415 e. The molecule has 322 valence electrons. The Bertz CT molecular complexity index is 1920. The second-order valence-corrected chi connectivity index (χ2v) is 10.8. The van der Waals surface area contributed by atoms with Crippen molar-refractivity contribution in [3.8, 4) is 0 Å². The lowest BCUT2D eigenvalue weighted by Crippen LogP contribution is -2.34. The highest BCUT2D eigenvalue weighted by Gasteiger charge is 2.34. The topological polar surface area (TPSA) is 203 Å². The van der Waals surface area contributed by atoms with Gasteiger partial charge in [-0.05, 0) is 36.2 Å². The molecule has 1 heterocycles. The van der Waals surface area contributed by atoms with Gasteiger partial charge in [0.05, 0.1) is 52.2 Å². The fourth-order valence-corrected chi connectivity index (χ4v) is 3.89. The number of amides is 1. The van der Waals surface area contributed by atoms with Crippen molar-refractivity contribution in [2.75, 3.05) is 21.3 Å². The lowest BCUT2D eigenvalue weighted by molar-refractivity contribution is -0.145. The van der Waals surface area contributed by atoms with Crippen LogP contribution in [-0.4, -0.2) is 75.2 Å². The van der Waals surface area contributed by atoms with Gasteiger partial charge in [-0.3, -0.25) is 19.2 Å². The fraction of sp³-hybridized carbons (Fsp3) is 0.294. The lowest BCUT2D eigenvalue weighted by atomic mass is 10.0. The molecule has 1 amide bonds. The van der Waals surface area contributed by atoms with Crippen molar-refractivity contribution < 1.29 is 87.2 Å². The van der Waals surface area contributed by atoms with E-state index in [4.69, 9.17) is 11.5 Å². The summed E-state index contributed by atoms with van der Waals surface area (Å²) in [5.74, 6) is -13.9. The summed E-state index contributed by atoms with van der Waals surface area (Å²) in [7, 11) is 3.50. The van der Waals surface area contributed by atoms with E-state index < -0.39 is 118 Å². The second kappa shape index (κ2) is 26.5. The molecular formula is C34H34Cl2F9N3O10. The first-order valence-electron chi connectivity index (χ1n) is 15.3. The van der Waals surface area contributed by atoms with Gasteiger partial charge in [0, 0.05) is 24.2 Å². The van der Waals surface area contributed by atoms with Crippen LogP contribution in [0.1, 0.15) is 35.2 Å². The number of rotatable bonds is 10. The van der Waals surface area contributed by atoms with Gasteiger partial charge in [0.1, 0.15) is 23.5 Å². The van der Waals surface area contributed by atoms with Crippen LogP contribution in [0.3, 0.4) is 0 Å². The van der Waals surface area contributed by atoms with Crippen LogP contribution >= 0.6 is 24.8 Å². The molecule has 0 bridgehead atoms. The number of nitrogens with two attached hydrogens (primary N) is 2. The third kappa shape index (κ3) is 18.7. The zero-order valence-electron chi connectivity index (χ0n) is 30.1. The van der Waals surface area contributed by atoms with Gasteiger partial charge in [0.25, 0.3) is 0 Å². The molecule has 0 aliphatic carbocycles. The number of nitrogens with one attached hydrogen (secondary N) is 1. The predicted molar refractivity (Wildman–Crippen MR) is 186 cm³/mol. The quantitative estimate of drug-likeness (QED) is 0.0625. The van der Waals surface area contributed by atoms with Gasteiger partial charge in [-0.2, -0.15) is 0 Å². The molecule has 0 spiro atoms. The van der Waals surface area contributed by atoms with Crippen LogP contribution in [0.15, 0.2) is 42.5 Å². The third-order valence-electron chi connectivity index (χ3n) is 6.70. The molecule has 58 heavy (non-hydrogen) atoms. The molecule has 1 saturated heterocycles. The highest BCUT2D eigenvalue weighted by molar-refractivity contribution is 6.02. The average Bonchev–Trinajstić information content (AvgIpc) is 3.45. The molecular weight excluding hydrogens is 852 g/mol. The summed E-state index contributed by atoms with van der Waals surface area (Å²) in [6.45, 7) is 0. The van der Waals surface area contributed by atoms with Crippen LogP contribution < -0.4 is 16.8 Å². The number of alkyl carbamates (subject to hydrolysis) is 1. The van der Waals surface area contributed by atoms with E-state index in [-0.39, 0.29) is 55.7 Å². The minimum absolute atomic E-state index is 0. The van der Waals surface area contributed by atoms with Crippen molar-refractivity contribution >= 4 is 60.6 Å². The van der Waals surface area contributed by atoms with Crippen LogP contribution in [0.25, 0.3) is 0 Å². The molecule has 4 rings (SSSR count). The SMILES string of the molecule is COC(=O)C[C@@H]1NC(=O)OC1=O.COC(=O)C[C@H](N)C(=O)c1cc(F)c(F)cc1F.COC(=O)C[C@H](N)Cc1cc(F)c(F)cc1F.Cl.Cl.Fc1ccc(F)c(F)c1. The number of cyclic esters (lactones) is 2. The van der Waals surface area contributed by atoms with E-state index in [9.17, 15) is 68.3 Å². The van der Waals surface area contributed by atoms with E-state index in [1.165, 1.54) is 14.2 Å². The molecule has 0 saturated carbocycles. The van der Waals surface area contributed by atoms with Crippen LogP contribution in [0.4, 0.5) is 44.3 Å². The molecule has 3 aromatic rings. The maximum atomic E-state index is 13.3. The van der Waals surface area contributed by atoms with Crippen LogP contribution in [0.5, 0.6) is 0 Å². The van der Waals surface area contributed by atoms with Gasteiger partial charge in [0.15, 0.2) is 40.7 Å². The van der Waals surface area contributed by atoms with Crippen molar-refractivity contribution in [2.45, 2.75) is 43.8 Å². The number of ether oxygens (including phenoxy) is 4. The summed E-state index contributed by atoms with van der Waals surface area (Å²) < 4.78 is 130. The lowest BCUT2D eigenvalue weighted by Gasteiger charge is -2.11. The number of esters is 4. The molecule has 13 nitrogen and oxygen atoms in total. The Kier molecular flexibility index (Phi) is 24.9. The largest absolute Gasteiger partial charge is 0.469 e. The Morgan fingerprint density at radius 2 is 1.14 bits per heavy atom. The minimum atomic E-state index is -1.41. The number of hydrogen-bond donors (Lipinski definition) is 3. The number of benzene rings is 3. The van der Waals surface area contributed by atoms with Crippen molar-refractivity contribution in [1.82, 2.24) is 5.32 Å². The second-order valence-electron chi connectivity index (χ2n) is 10.8. The first-order chi connectivity index (χ1) is 26.1. The Labute approximate surface area is 335 Å². The maximum absolute atomic E-state index is 13.3. The van der Waals surface area contributed by atoms with Crippen LogP contribution in [0, 0.1) is 52.4 Å². The number of halogens is 11. The van der Waals surface area contributed by atoms with Gasteiger partial charge < -0.3 is 35.7 Å². The van der Waals surface area contributed by atoms with Gasteiger partial charge in [-0.1, -0.05) is 0 Å². The minimum Gasteiger partial charge on any atom is -0.469 e. The van der Waals surface area contributed by atoms with E-state index in [0.717, 1.165) is 25.3 Å².